The number of hydrogen-bond donors (Lipinski definition) is 1. The van der Waals surface area contributed by atoms with E-state index in [1.54, 1.807) is 0 Å². The zero-order valence-corrected chi connectivity index (χ0v) is 15.8. The van der Waals surface area contributed by atoms with Gasteiger partial charge in [-0.2, -0.15) is 0 Å². The zero-order chi connectivity index (χ0) is 18.4. The lowest BCUT2D eigenvalue weighted by Crippen LogP contribution is -2.41. The summed E-state index contributed by atoms with van der Waals surface area (Å²) in [5, 5.41) is 0. The van der Waals surface area contributed by atoms with Crippen LogP contribution in [0.2, 0.25) is 0 Å². The summed E-state index contributed by atoms with van der Waals surface area (Å²) in [5.74, 6) is 1.73. The van der Waals surface area contributed by atoms with Crippen LogP contribution in [0.1, 0.15) is 49.7 Å². The number of aryl methyl sites for hydroxylation is 1. The van der Waals surface area contributed by atoms with Crippen molar-refractivity contribution in [2.75, 3.05) is 19.6 Å². The number of amides is 1. The molecule has 136 valence electrons. The van der Waals surface area contributed by atoms with Gasteiger partial charge in [-0.3, -0.25) is 4.79 Å². The predicted molar refractivity (Wildman–Crippen MR) is 103 cm³/mol. The maximum atomic E-state index is 12.9. The van der Waals surface area contributed by atoms with Gasteiger partial charge in [-0.05, 0) is 43.0 Å². The Kier molecular flexibility index (Phi) is 6.43. The highest BCUT2D eigenvalue weighted by molar-refractivity contribution is 5.94. The Balaban J connectivity index is 2.15. The van der Waals surface area contributed by atoms with Crippen molar-refractivity contribution in [1.82, 2.24) is 4.90 Å². The number of rotatable bonds is 8. The quantitative estimate of drug-likeness (QED) is 0.769. The first-order valence-corrected chi connectivity index (χ1v) is 9.02. The van der Waals surface area contributed by atoms with Crippen LogP contribution in [0.4, 0.5) is 0 Å². The van der Waals surface area contributed by atoms with E-state index in [9.17, 15) is 4.79 Å². The third-order valence-electron chi connectivity index (χ3n) is 4.39. The molecule has 1 heterocycles. The number of furan rings is 1. The molecule has 0 radical (unpaired) electrons. The van der Waals surface area contributed by atoms with Crippen molar-refractivity contribution in [3.63, 3.8) is 0 Å². The lowest BCUT2D eigenvalue weighted by atomic mass is 9.87. The van der Waals surface area contributed by atoms with Gasteiger partial charge in [0.1, 0.15) is 11.5 Å². The molecule has 0 aliphatic heterocycles. The van der Waals surface area contributed by atoms with Crippen molar-refractivity contribution in [2.24, 2.45) is 11.1 Å². The molecule has 1 aromatic carbocycles. The number of benzene rings is 1. The summed E-state index contributed by atoms with van der Waals surface area (Å²) in [4.78, 5) is 14.8. The maximum Gasteiger partial charge on any atom is 0.253 e. The van der Waals surface area contributed by atoms with Crippen LogP contribution in [-0.2, 0) is 0 Å². The van der Waals surface area contributed by atoms with E-state index < -0.39 is 0 Å². The van der Waals surface area contributed by atoms with Gasteiger partial charge in [0, 0.05) is 30.8 Å². The Hall–Kier alpha value is -2.07. The minimum Gasteiger partial charge on any atom is -0.461 e. The predicted octanol–water partition coefficient (Wildman–Crippen LogP) is 4.48. The molecule has 0 fully saturated rings. The summed E-state index contributed by atoms with van der Waals surface area (Å²) in [7, 11) is 0. The van der Waals surface area contributed by atoms with E-state index >= 15 is 0 Å². The van der Waals surface area contributed by atoms with Crippen LogP contribution in [0, 0.1) is 12.3 Å². The minimum absolute atomic E-state index is 0.0387. The molecule has 2 aromatic rings. The number of carbonyl (C=O) groups excluding carboxylic acids is 1. The molecule has 0 bridgehead atoms. The number of nitrogens with two attached hydrogens (primary N) is 1. The van der Waals surface area contributed by atoms with Gasteiger partial charge in [-0.1, -0.05) is 39.3 Å². The fourth-order valence-corrected chi connectivity index (χ4v) is 3.23. The fraction of sp³-hybridized carbons (Fsp3) is 0.476. The van der Waals surface area contributed by atoms with Crippen molar-refractivity contribution in [1.29, 1.82) is 0 Å². The largest absolute Gasteiger partial charge is 0.461 e. The van der Waals surface area contributed by atoms with E-state index in [2.05, 4.69) is 20.8 Å². The Labute approximate surface area is 151 Å². The molecule has 25 heavy (non-hydrogen) atoms. The highest BCUT2D eigenvalue weighted by atomic mass is 16.3. The van der Waals surface area contributed by atoms with Crippen molar-refractivity contribution in [3.8, 4) is 11.3 Å². The van der Waals surface area contributed by atoms with Gasteiger partial charge in [0.25, 0.3) is 5.91 Å². The zero-order valence-electron chi connectivity index (χ0n) is 15.8. The SMILES string of the molecule is CCCC(C)(C)CN(CCN)C(=O)c1ccc(-c2ccc(C)o2)cc1. The lowest BCUT2D eigenvalue weighted by Gasteiger charge is -2.32. The Bertz CT molecular complexity index is 686. The smallest absolute Gasteiger partial charge is 0.253 e. The van der Waals surface area contributed by atoms with E-state index in [-0.39, 0.29) is 11.3 Å². The molecule has 0 saturated heterocycles. The average molecular weight is 342 g/mol. The summed E-state index contributed by atoms with van der Waals surface area (Å²) in [6, 6.07) is 11.5. The second kappa shape index (κ2) is 8.34. The van der Waals surface area contributed by atoms with E-state index in [0.29, 0.717) is 18.7 Å². The third-order valence-corrected chi connectivity index (χ3v) is 4.39. The molecule has 0 aliphatic rings. The van der Waals surface area contributed by atoms with E-state index in [0.717, 1.165) is 36.5 Å². The van der Waals surface area contributed by atoms with Crippen LogP contribution < -0.4 is 5.73 Å². The molecule has 1 amide bonds. The molecule has 0 atom stereocenters. The Morgan fingerprint density at radius 3 is 2.36 bits per heavy atom. The Morgan fingerprint density at radius 2 is 1.84 bits per heavy atom. The van der Waals surface area contributed by atoms with Gasteiger partial charge in [0.2, 0.25) is 0 Å². The highest BCUT2D eigenvalue weighted by Crippen LogP contribution is 2.25. The van der Waals surface area contributed by atoms with Crippen molar-refractivity contribution >= 4 is 5.91 Å². The number of hydrogen-bond acceptors (Lipinski definition) is 3. The van der Waals surface area contributed by atoms with Gasteiger partial charge < -0.3 is 15.1 Å². The Morgan fingerprint density at radius 1 is 1.16 bits per heavy atom. The number of carbonyl (C=O) groups is 1. The van der Waals surface area contributed by atoms with Gasteiger partial charge in [0.15, 0.2) is 0 Å². The van der Waals surface area contributed by atoms with Crippen LogP contribution >= 0.6 is 0 Å². The topological polar surface area (TPSA) is 59.5 Å². The summed E-state index contributed by atoms with van der Waals surface area (Å²) >= 11 is 0. The molecule has 0 unspecified atom stereocenters. The first-order chi connectivity index (χ1) is 11.9. The van der Waals surface area contributed by atoms with Crippen molar-refractivity contribution in [2.45, 2.75) is 40.5 Å². The number of nitrogens with zero attached hydrogens (tertiary/aromatic N) is 1. The maximum absolute atomic E-state index is 12.9. The molecule has 4 heteroatoms. The van der Waals surface area contributed by atoms with Crippen LogP contribution in [-0.4, -0.2) is 30.4 Å². The molecule has 0 saturated carbocycles. The molecule has 2 rings (SSSR count). The van der Waals surface area contributed by atoms with Crippen molar-refractivity contribution < 1.29 is 9.21 Å². The summed E-state index contributed by atoms with van der Waals surface area (Å²) in [5.41, 5.74) is 7.48. The van der Waals surface area contributed by atoms with Crippen molar-refractivity contribution in [3.05, 3.63) is 47.7 Å². The second-order valence-corrected chi connectivity index (χ2v) is 7.42. The first kappa shape index (κ1) is 19.3. The molecule has 0 aliphatic carbocycles. The molecule has 1 aromatic heterocycles. The first-order valence-electron chi connectivity index (χ1n) is 9.02. The summed E-state index contributed by atoms with van der Waals surface area (Å²) < 4.78 is 5.64. The van der Waals surface area contributed by atoms with Gasteiger partial charge in [-0.25, -0.2) is 0 Å². The third kappa shape index (κ3) is 5.20. The molecular weight excluding hydrogens is 312 g/mol. The minimum atomic E-state index is 0.0387. The standard InChI is InChI=1S/C21H30N2O2/c1-5-12-21(3,4)15-23(14-13-22)20(24)18-9-7-17(8-10-18)19-11-6-16(2)25-19/h6-11H,5,12-15,22H2,1-4H3. The molecule has 0 spiro atoms. The molecule has 2 N–H and O–H groups in total. The van der Waals surface area contributed by atoms with Crippen LogP contribution in [0.5, 0.6) is 0 Å². The van der Waals surface area contributed by atoms with Gasteiger partial charge in [-0.15, -0.1) is 0 Å². The molecule has 4 nitrogen and oxygen atoms in total. The van der Waals surface area contributed by atoms with E-state index in [4.69, 9.17) is 10.2 Å². The average Bonchev–Trinajstić information content (AvgIpc) is 3.00. The summed E-state index contributed by atoms with van der Waals surface area (Å²) in [6.07, 6.45) is 2.19. The van der Waals surface area contributed by atoms with Crippen LogP contribution in [0.15, 0.2) is 40.8 Å². The normalized spacial score (nSPS) is 11.6. The lowest BCUT2D eigenvalue weighted by molar-refractivity contribution is 0.0682. The van der Waals surface area contributed by atoms with Crippen LogP contribution in [0.25, 0.3) is 11.3 Å². The van der Waals surface area contributed by atoms with E-state index in [1.807, 2.05) is 48.2 Å². The van der Waals surface area contributed by atoms with Gasteiger partial charge in [0.05, 0.1) is 0 Å². The van der Waals surface area contributed by atoms with E-state index in [1.165, 1.54) is 0 Å². The molecular formula is C21H30N2O2. The summed E-state index contributed by atoms with van der Waals surface area (Å²) in [6.45, 7) is 10.3. The second-order valence-electron chi connectivity index (χ2n) is 7.42. The van der Waals surface area contributed by atoms with Crippen LogP contribution in [0.3, 0.4) is 0 Å². The monoisotopic (exact) mass is 342 g/mol. The fourth-order valence-electron chi connectivity index (χ4n) is 3.23. The van der Waals surface area contributed by atoms with Gasteiger partial charge >= 0.3 is 0 Å². The highest BCUT2D eigenvalue weighted by Gasteiger charge is 2.24.